The lowest BCUT2D eigenvalue weighted by Crippen LogP contribution is -2.36. The predicted octanol–water partition coefficient (Wildman–Crippen LogP) is 4.86. The van der Waals surface area contributed by atoms with Crippen LogP contribution < -0.4 is 10.1 Å². The number of amides is 1. The van der Waals surface area contributed by atoms with Crippen molar-refractivity contribution in [2.75, 3.05) is 38.4 Å². The SMILES string of the molecule is CCOc1ccc(-c2ccc3c(c2)C=C(C(=O)Nc2ccc(CN(C)C4CCOCC4)cc2)CC(OS(C)(=O)=O)S3(=O)=O)cc1. The van der Waals surface area contributed by atoms with Crippen LogP contribution in [0.15, 0.2) is 77.2 Å². The standard InChI is InChI=1S/C33H38N2O8S2/c1-4-42-30-12-7-24(8-13-30)25-9-14-31-26(19-25)20-27(21-32(45(31,39)40)43-44(3,37)38)33(36)34-28-10-5-23(6-11-28)22-35(2)29-15-17-41-18-16-29/h5-14,19-20,29,32H,4,15-18,21-22H2,1-3H3,(H,34,36). The summed E-state index contributed by atoms with van der Waals surface area (Å²) >= 11 is 0. The van der Waals surface area contributed by atoms with Gasteiger partial charge in [0.25, 0.3) is 16.0 Å². The van der Waals surface area contributed by atoms with Crippen molar-refractivity contribution in [3.05, 3.63) is 83.4 Å². The maximum atomic E-state index is 13.7. The lowest BCUT2D eigenvalue weighted by Gasteiger charge is -2.31. The quantitative estimate of drug-likeness (QED) is 0.305. The van der Waals surface area contributed by atoms with Gasteiger partial charge in [-0.3, -0.25) is 9.69 Å². The largest absolute Gasteiger partial charge is 0.494 e. The molecule has 0 radical (unpaired) electrons. The number of ether oxygens (including phenoxy) is 2. The van der Waals surface area contributed by atoms with Crippen LogP contribution in [0.4, 0.5) is 5.69 Å². The van der Waals surface area contributed by atoms with E-state index in [1.807, 2.05) is 43.3 Å². The Morgan fingerprint density at radius 2 is 1.67 bits per heavy atom. The molecule has 1 saturated heterocycles. The highest BCUT2D eigenvalue weighted by molar-refractivity contribution is 7.93. The van der Waals surface area contributed by atoms with Crippen LogP contribution >= 0.6 is 0 Å². The van der Waals surface area contributed by atoms with Gasteiger partial charge >= 0.3 is 0 Å². The summed E-state index contributed by atoms with van der Waals surface area (Å²) in [6.07, 6.45) is 3.80. The van der Waals surface area contributed by atoms with Crippen molar-refractivity contribution >= 4 is 37.6 Å². The first-order chi connectivity index (χ1) is 21.4. The molecule has 1 atom stereocenters. The molecule has 0 bridgehead atoms. The number of nitrogens with zero attached hydrogens (tertiary/aromatic N) is 1. The predicted molar refractivity (Wildman–Crippen MR) is 173 cm³/mol. The number of benzene rings is 3. The van der Waals surface area contributed by atoms with Gasteiger partial charge in [0.15, 0.2) is 5.44 Å². The molecule has 2 aliphatic heterocycles. The Balaban J connectivity index is 1.41. The van der Waals surface area contributed by atoms with Crippen LogP contribution in [0.2, 0.25) is 0 Å². The number of hydrogen-bond acceptors (Lipinski definition) is 9. The van der Waals surface area contributed by atoms with Gasteiger partial charge < -0.3 is 14.8 Å². The van der Waals surface area contributed by atoms with Crippen molar-refractivity contribution in [2.45, 2.75) is 49.1 Å². The molecule has 1 fully saturated rings. The van der Waals surface area contributed by atoms with Crippen LogP contribution in [0.5, 0.6) is 5.75 Å². The van der Waals surface area contributed by atoms with E-state index in [0.717, 1.165) is 50.0 Å². The Kier molecular flexibility index (Phi) is 10.1. The van der Waals surface area contributed by atoms with E-state index in [0.29, 0.717) is 29.6 Å². The first kappa shape index (κ1) is 32.8. The summed E-state index contributed by atoms with van der Waals surface area (Å²) in [5.74, 6) is 0.149. The van der Waals surface area contributed by atoms with E-state index in [1.54, 1.807) is 24.3 Å². The summed E-state index contributed by atoms with van der Waals surface area (Å²) in [4.78, 5) is 15.7. The van der Waals surface area contributed by atoms with Gasteiger partial charge in [-0.05, 0) is 91.5 Å². The van der Waals surface area contributed by atoms with E-state index in [2.05, 4.69) is 17.3 Å². The first-order valence-corrected chi connectivity index (χ1v) is 18.2. The smallest absolute Gasteiger partial charge is 0.265 e. The lowest BCUT2D eigenvalue weighted by molar-refractivity contribution is -0.113. The molecule has 1 amide bonds. The van der Waals surface area contributed by atoms with Gasteiger partial charge in [0, 0.05) is 43.5 Å². The van der Waals surface area contributed by atoms with Gasteiger partial charge in [-0.25, -0.2) is 12.6 Å². The minimum absolute atomic E-state index is 0.0677. The molecular weight excluding hydrogens is 617 g/mol. The third-order valence-corrected chi connectivity index (χ3v) is 10.6. The van der Waals surface area contributed by atoms with E-state index in [9.17, 15) is 21.6 Å². The molecule has 240 valence electrons. The van der Waals surface area contributed by atoms with Crippen molar-refractivity contribution < 1.29 is 35.3 Å². The lowest BCUT2D eigenvalue weighted by atomic mass is 10.0. The number of rotatable bonds is 10. The van der Waals surface area contributed by atoms with Gasteiger partial charge in [0.05, 0.1) is 17.8 Å². The van der Waals surface area contributed by atoms with Gasteiger partial charge in [0.2, 0.25) is 9.84 Å². The Bertz CT molecular complexity index is 1760. The second-order valence-corrected chi connectivity index (χ2v) is 14.9. The van der Waals surface area contributed by atoms with E-state index < -0.39 is 37.7 Å². The van der Waals surface area contributed by atoms with Gasteiger partial charge in [-0.2, -0.15) is 8.42 Å². The van der Waals surface area contributed by atoms with Crippen LogP contribution in [0.3, 0.4) is 0 Å². The molecule has 0 aromatic heterocycles. The van der Waals surface area contributed by atoms with Crippen LogP contribution in [-0.2, 0) is 40.2 Å². The number of carbonyl (C=O) groups excluding carboxylic acids is 1. The molecule has 0 aliphatic carbocycles. The normalized spacial score (nSPS) is 18.5. The average molecular weight is 655 g/mol. The molecule has 12 heteroatoms. The van der Waals surface area contributed by atoms with E-state index in [-0.39, 0.29) is 16.0 Å². The molecule has 3 aromatic rings. The minimum atomic E-state index is -4.30. The Morgan fingerprint density at radius 1 is 1.00 bits per heavy atom. The van der Waals surface area contributed by atoms with Gasteiger partial charge in [-0.1, -0.05) is 30.3 Å². The fraction of sp³-hybridized carbons (Fsp3) is 0.364. The van der Waals surface area contributed by atoms with Crippen LogP contribution in [0.1, 0.15) is 37.3 Å². The van der Waals surface area contributed by atoms with E-state index in [4.69, 9.17) is 13.7 Å². The molecule has 1 unspecified atom stereocenters. The van der Waals surface area contributed by atoms with Crippen LogP contribution in [-0.4, -0.2) is 72.2 Å². The number of nitrogens with one attached hydrogen (secondary N) is 1. The third kappa shape index (κ3) is 8.19. The summed E-state index contributed by atoms with van der Waals surface area (Å²) in [5, 5.41) is 2.84. The molecule has 0 saturated carbocycles. The molecule has 1 N–H and O–H groups in total. The number of sulfone groups is 1. The summed E-state index contributed by atoms with van der Waals surface area (Å²) in [6.45, 7) is 4.70. The van der Waals surface area contributed by atoms with Crippen molar-refractivity contribution in [1.29, 1.82) is 0 Å². The van der Waals surface area contributed by atoms with Crippen LogP contribution in [0.25, 0.3) is 17.2 Å². The average Bonchev–Trinajstić information content (AvgIpc) is 3.11. The van der Waals surface area contributed by atoms with E-state index in [1.165, 1.54) is 12.1 Å². The Labute approximate surface area is 265 Å². The van der Waals surface area contributed by atoms with Gasteiger partial charge in [-0.15, -0.1) is 0 Å². The Morgan fingerprint density at radius 3 is 2.31 bits per heavy atom. The van der Waals surface area contributed by atoms with Crippen LogP contribution in [0, 0.1) is 0 Å². The third-order valence-electron chi connectivity index (χ3n) is 7.91. The molecule has 2 aliphatic rings. The van der Waals surface area contributed by atoms with Crippen molar-refractivity contribution in [3.63, 3.8) is 0 Å². The van der Waals surface area contributed by atoms with Crippen molar-refractivity contribution in [3.8, 4) is 16.9 Å². The highest BCUT2D eigenvalue weighted by Crippen LogP contribution is 2.35. The fourth-order valence-corrected chi connectivity index (χ4v) is 8.26. The Hall–Kier alpha value is -3.55. The number of hydrogen-bond donors (Lipinski definition) is 1. The van der Waals surface area contributed by atoms with E-state index >= 15 is 0 Å². The van der Waals surface area contributed by atoms with Crippen molar-refractivity contribution in [2.24, 2.45) is 0 Å². The molecule has 10 nitrogen and oxygen atoms in total. The summed E-state index contributed by atoms with van der Waals surface area (Å²) in [6, 6.07) is 20.0. The first-order valence-electron chi connectivity index (χ1n) is 14.8. The number of fused-ring (bicyclic) bond motifs is 1. The topological polar surface area (TPSA) is 128 Å². The highest BCUT2D eigenvalue weighted by Gasteiger charge is 2.37. The molecule has 0 spiro atoms. The van der Waals surface area contributed by atoms with Crippen molar-refractivity contribution in [1.82, 2.24) is 4.90 Å². The minimum Gasteiger partial charge on any atom is -0.494 e. The molecule has 5 rings (SSSR count). The number of anilines is 1. The molecular formula is C33H38N2O8S2. The second-order valence-electron chi connectivity index (χ2n) is 11.3. The van der Waals surface area contributed by atoms with Gasteiger partial charge in [0.1, 0.15) is 5.75 Å². The maximum absolute atomic E-state index is 13.7. The highest BCUT2D eigenvalue weighted by atomic mass is 32.2. The fourth-order valence-electron chi connectivity index (χ4n) is 5.57. The maximum Gasteiger partial charge on any atom is 0.265 e. The zero-order valence-corrected chi connectivity index (χ0v) is 27.2. The number of carbonyl (C=O) groups is 1. The zero-order chi connectivity index (χ0) is 32.2. The molecule has 3 aromatic carbocycles. The summed E-state index contributed by atoms with van der Waals surface area (Å²) in [5.41, 5.74) is 1.66. The summed E-state index contributed by atoms with van der Waals surface area (Å²) < 4.78 is 67.5. The summed E-state index contributed by atoms with van der Waals surface area (Å²) in [7, 11) is -6.37. The zero-order valence-electron chi connectivity index (χ0n) is 25.6. The second kappa shape index (κ2) is 13.8. The molecule has 45 heavy (non-hydrogen) atoms. The molecule has 2 heterocycles. The monoisotopic (exact) mass is 654 g/mol.